The number of carbonyl (C=O) groups excluding carboxylic acids is 2. The smallest absolute Gasteiger partial charge is 0.389 e. The maximum atomic E-state index is 13.3. The summed E-state index contributed by atoms with van der Waals surface area (Å²) in [5.74, 6) is -2.21. The third-order valence-corrected chi connectivity index (χ3v) is 8.36. The number of amides is 2. The quantitative estimate of drug-likeness (QED) is 0.588. The fraction of sp³-hybridized carbons (Fsp3) is 0.552. The summed E-state index contributed by atoms with van der Waals surface area (Å²) in [6, 6.07) is 10.6. The van der Waals surface area contributed by atoms with Gasteiger partial charge >= 0.3 is 6.18 Å². The molecule has 1 N–H and O–H groups in total. The summed E-state index contributed by atoms with van der Waals surface area (Å²) < 4.78 is 40.3. The van der Waals surface area contributed by atoms with E-state index in [1.165, 1.54) is 27.4 Å². The molecule has 7 nitrogen and oxygen atoms in total. The van der Waals surface area contributed by atoms with Crippen LogP contribution < -0.4 is 5.56 Å². The highest BCUT2D eigenvalue weighted by Gasteiger charge is 2.52. The van der Waals surface area contributed by atoms with Gasteiger partial charge in [-0.1, -0.05) is 43.7 Å². The number of alkyl halides is 3. The van der Waals surface area contributed by atoms with Crippen molar-refractivity contribution in [2.24, 2.45) is 17.3 Å². The number of aliphatic hydroxyl groups excluding tert-OH is 1. The van der Waals surface area contributed by atoms with Gasteiger partial charge in [-0.15, -0.1) is 0 Å². The van der Waals surface area contributed by atoms with Gasteiger partial charge in [0.15, 0.2) is 0 Å². The second-order valence-corrected chi connectivity index (χ2v) is 11.3. The second-order valence-electron chi connectivity index (χ2n) is 11.3. The molecule has 1 aromatic carbocycles. The van der Waals surface area contributed by atoms with Gasteiger partial charge in [0, 0.05) is 62.9 Å². The average molecular weight is 548 g/mol. The zero-order chi connectivity index (χ0) is 28.5. The van der Waals surface area contributed by atoms with Crippen LogP contribution in [0.4, 0.5) is 13.2 Å². The van der Waals surface area contributed by atoms with Crippen LogP contribution in [0, 0.1) is 17.3 Å². The Balaban J connectivity index is 1.64. The van der Waals surface area contributed by atoms with E-state index in [4.69, 9.17) is 0 Å². The van der Waals surface area contributed by atoms with Gasteiger partial charge in [0.05, 0.1) is 18.1 Å². The summed E-state index contributed by atoms with van der Waals surface area (Å²) in [5, 5.41) is 11.1. The molecular weight excluding hydrogens is 511 g/mol. The highest BCUT2D eigenvalue weighted by atomic mass is 19.4. The number of nitrogens with zero attached hydrogens (tertiary/aromatic N) is 3. The van der Waals surface area contributed by atoms with E-state index in [1.807, 2.05) is 30.3 Å². The number of rotatable bonds is 6. The molecule has 2 amide bonds. The maximum Gasteiger partial charge on any atom is 0.389 e. The molecule has 1 aliphatic carbocycles. The Morgan fingerprint density at radius 2 is 1.87 bits per heavy atom. The minimum absolute atomic E-state index is 0.153. The van der Waals surface area contributed by atoms with Crippen molar-refractivity contribution in [1.82, 2.24) is 14.4 Å². The van der Waals surface area contributed by atoms with Gasteiger partial charge in [-0.05, 0) is 30.7 Å². The zero-order valence-electron chi connectivity index (χ0n) is 22.6. The molecule has 2 heterocycles. The number of halogens is 3. The van der Waals surface area contributed by atoms with Gasteiger partial charge in [-0.25, -0.2) is 0 Å². The van der Waals surface area contributed by atoms with E-state index in [0.29, 0.717) is 24.0 Å². The fourth-order valence-corrected chi connectivity index (χ4v) is 6.35. The average Bonchev–Trinajstić information content (AvgIpc) is 3.27. The summed E-state index contributed by atoms with van der Waals surface area (Å²) in [6.07, 6.45) is -2.45. The largest absolute Gasteiger partial charge is 0.392 e. The summed E-state index contributed by atoms with van der Waals surface area (Å²) in [7, 11) is 3.28. The summed E-state index contributed by atoms with van der Waals surface area (Å²) in [5.41, 5.74) is 0.636. The highest BCUT2D eigenvalue weighted by molar-refractivity contribution is 6.00. The molecule has 1 saturated carbocycles. The summed E-state index contributed by atoms with van der Waals surface area (Å²) in [6.45, 7) is 1.87. The number of pyridine rings is 1. The van der Waals surface area contributed by atoms with Crippen LogP contribution >= 0.6 is 0 Å². The number of carbonyl (C=O) groups is 2. The first-order chi connectivity index (χ1) is 18.3. The molecule has 0 radical (unpaired) electrons. The molecule has 2 unspecified atom stereocenters. The molecule has 1 aliphatic heterocycles. The Bertz CT molecular complexity index is 1260. The third kappa shape index (κ3) is 6.05. The van der Waals surface area contributed by atoms with Gasteiger partial charge in [-0.2, -0.15) is 13.2 Å². The number of piperidine rings is 1. The number of hydrogen-bond donors (Lipinski definition) is 1. The van der Waals surface area contributed by atoms with Crippen LogP contribution in [0.1, 0.15) is 49.4 Å². The van der Waals surface area contributed by atoms with Gasteiger partial charge in [0.25, 0.3) is 11.5 Å². The van der Waals surface area contributed by atoms with Crippen molar-refractivity contribution in [2.45, 2.75) is 57.9 Å². The van der Waals surface area contributed by atoms with Crippen molar-refractivity contribution in [3.63, 3.8) is 0 Å². The lowest BCUT2D eigenvalue weighted by atomic mass is 9.69. The summed E-state index contributed by atoms with van der Waals surface area (Å²) in [4.78, 5) is 42.3. The first-order valence-corrected chi connectivity index (χ1v) is 13.4. The number of benzene rings is 1. The first kappa shape index (κ1) is 28.9. The second kappa shape index (κ2) is 11.2. The fourth-order valence-electron chi connectivity index (χ4n) is 6.35. The van der Waals surface area contributed by atoms with Crippen LogP contribution in [0.3, 0.4) is 0 Å². The van der Waals surface area contributed by atoms with Crippen LogP contribution in [0.25, 0.3) is 11.1 Å². The molecule has 4 rings (SSSR count). The first-order valence-electron chi connectivity index (χ1n) is 13.4. The van der Waals surface area contributed by atoms with Crippen LogP contribution in [0.15, 0.2) is 47.4 Å². The van der Waals surface area contributed by atoms with E-state index in [-0.39, 0.29) is 43.4 Å². The molecule has 1 aromatic heterocycles. The zero-order valence-corrected chi connectivity index (χ0v) is 22.6. The lowest BCUT2D eigenvalue weighted by Gasteiger charge is -2.48. The molecule has 2 fully saturated rings. The van der Waals surface area contributed by atoms with Crippen molar-refractivity contribution in [3.8, 4) is 11.1 Å². The van der Waals surface area contributed by atoms with Crippen molar-refractivity contribution < 1.29 is 27.9 Å². The highest BCUT2D eigenvalue weighted by Crippen LogP contribution is 2.50. The monoisotopic (exact) mass is 547 g/mol. The lowest BCUT2D eigenvalue weighted by Crippen LogP contribution is -2.56. The standard InChI is InChI=1S/C29H36F3N3O4/c1-19(15-29(30,31)32)26(38)34-13-11-24(36)28(18-34)12-7-10-21(28)16-35-17-23(27(39)33(2)3)22(14-25(35)37)20-8-5-4-6-9-20/h4-6,8-9,14,17,19,21,24,36H,7,10-13,15-16,18H2,1-3H3/t19-,21-,24?,28?/m1/s1. The van der Waals surface area contributed by atoms with Crippen LogP contribution in [0.5, 0.6) is 0 Å². The molecule has 1 spiro atoms. The molecule has 4 atom stereocenters. The Labute approximate surface area is 226 Å². The Morgan fingerprint density at radius 1 is 1.18 bits per heavy atom. The van der Waals surface area contributed by atoms with Gasteiger partial charge in [-0.3, -0.25) is 14.4 Å². The Morgan fingerprint density at radius 3 is 2.51 bits per heavy atom. The molecule has 10 heteroatoms. The van der Waals surface area contributed by atoms with Crippen molar-refractivity contribution in [2.75, 3.05) is 27.2 Å². The number of aromatic nitrogens is 1. The predicted octanol–water partition coefficient (Wildman–Crippen LogP) is 4.19. The third-order valence-electron chi connectivity index (χ3n) is 8.36. The van der Waals surface area contributed by atoms with E-state index in [9.17, 15) is 32.7 Å². The van der Waals surface area contributed by atoms with Gasteiger partial charge in [0.1, 0.15) is 0 Å². The molecule has 2 aliphatic rings. The van der Waals surface area contributed by atoms with E-state index < -0.39 is 35.9 Å². The van der Waals surface area contributed by atoms with E-state index >= 15 is 0 Å². The maximum absolute atomic E-state index is 13.3. The molecular formula is C29H36F3N3O4. The van der Waals surface area contributed by atoms with Crippen LogP contribution in [0.2, 0.25) is 0 Å². The van der Waals surface area contributed by atoms with E-state index in [0.717, 1.165) is 12.0 Å². The van der Waals surface area contributed by atoms with Crippen molar-refractivity contribution in [3.05, 3.63) is 58.5 Å². The van der Waals surface area contributed by atoms with Crippen molar-refractivity contribution in [1.29, 1.82) is 0 Å². The van der Waals surface area contributed by atoms with Gasteiger partial charge < -0.3 is 19.5 Å². The lowest BCUT2D eigenvalue weighted by molar-refractivity contribution is -0.163. The summed E-state index contributed by atoms with van der Waals surface area (Å²) >= 11 is 0. The SMILES string of the molecule is C[C@H](CC(F)(F)F)C(=O)N1CCC(O)C2(CCC[C@@H]2Cn2cc(C(=O)N(C)C)c(-c3ccccc3)cc2=O)C1. The molecule has 1 saturated heterocycles. The predicted molar refractivity (Wildman–Crippen MR) is 141 cm³/mol. The Hall–Kier alpha value is -3.14. The van der Waals surface area contributed by atoms with E-state index in [1.54, 1.807) is 20.3 Å². The Kier molecular flexibility index (Phi) is 8.25. The van der Waals surface area contributed by atoms with Crippen molar-refractivity contribution >= 4 is 11.8 Å². The van der Waals surface area contributed by atoms with E-state index in [2.05, 4.69) is 0 Å². The molecule has 212 valence electrons. The molecule has 39 heavy (non-hydrogen) atoms. The van der Waals surface area contributed by atoms with Crippen LogP contribution in [-0.4, -0.2) is 70.8 Å². The number of hydrogen-bond acceptors (Lipinski definition) is 4. The van der Waals surface area contributed by atoms with Crippen LogP contribution in [-0.2, 0) is 11.3 Å². The molecule has 0 bridgehead atoms. The minimum atomic E-state index is -4.44. The number of aliphatic hydroxyl groups is 1. The molecule has 2 aromatic rings. The van der Waals surface area contributed by atoms with Gasteiger partial charge in [0.2, 0.25) is 5.91 Å². The topological polar surface area (TPSA) is 82.8 Å². The minimum Gasteiger partial charge on any atom is -0.392 e. The number of likely N-dealkylation sites (tertiary alicyclic amines) is 1. The normalized spacial score (nSPS) is 24.1.